The van der Waals surface area contributed by atoms with Gasteiger partial charge in [-0.1, -0.05) is 48.5 Å². The Hall–Kier alpha value is -3.90. The number of benzene rings is 3. The summed E-state index contributed by atoms with van der Waals surface area (Å²) in [4.78, 5) is 26.0. The number of amides is 1. The highest BCUT2D eigenvalue weighted by atomic mass is 16.5. The van der Waals surface area contributed by atoms with Crippen LogP contribution in [0.3, 0.4) is 0 Å². The molecule has 0 unspecified atom stereocenters. The van der Waals surface area contributed by atoms with Crippen molar-refractivity contribution in [3.05, 3.63) is 96.1 Å². The molecule has 0 N–H and O–H groups in total. The molecule has 0 spiro atoms. The summed E-state index contributed by atoms with van der Waals surface area (Å²) in [5, 5.41) is 0.831. The second kappa shape index (κ2) is 11.5. The summed E-state index contributed by atoms with van der Waals surface area (Å²) in [5.74, 6) is 2.35. The van der Waals surface area contributed by atoms with Crippen molar-refractivity contribution in [1.82, 2.24) is 14.8 Å². The maximum Gasteiger partial charge on any atom is 0.254 e. The first kappa shape index (κ1) is 25.4. The van der Waals surface area contributed by atoms with Crippen molar-refractivity contribution in [2.24, 2.45) is 0 Å². The number of likely N-dealkylation sites (tertiary alicyclic amines) is 2. The molecule has 3 heterocycles. The number of ether oxygens (including phenoxy) is 1. The van der Waals surface area contributed by atoms with Crippen LogP contribution in [0.4, 0.5) is 5.82 Å². The highest BCUT2D eigenvalue weighted by Gasteiger charge is 2.32. The van der Waals surface area contributed by atoms with E-state index in [1.54, 1.807) is 0 Å². The van der Waals surface area contributed by atoms with Gasteiger partial charge in [-0.25, -0.2) is 4.98 Å². The maximum absolute atomic E-state index is 14.3. The fourth-order valence-electron chi connectivity index (χ4n) is 5.90. The normalized spacial score (nSPS) is 17.6. The van der Waals surface area contributed by atoms with Crippen molar-refractivity contribution < 1.29 is 9.53 Å². The molecule has 1 atom stereocenters. The van der Waals surface area contributed by atoms with Crippen molar-refractivity contribution in [2.45, 2.75) is 38.3 Å². The lowest BCUT2D eigenvalue weighted by Gasteiger charge is -2.29. The van der Waals surface area contributed by atoms with Crippen LogP contribution in [0, 0.1) is 0 Å². The number of anilines is 1. The molecule has 39 heavy (non-hydrogen) atoms. The van der Waals surface area contributed by atoms with Crippen molar-refractivity contribution in [3.8, 4) is 11.5 Å². The molecule has 2 aliphatic heterocycles. The molecule has 2 saturated heterocycles. The van der Waals surface area contributed by atoms with Crippen molar-refractivity contribution in [1.29, 1.82) is 0 Å². The summed E-state index contributed by atoms with van der Waals surface area (Å²) in [6.07, 6.45) is 4.64. The number of pyridine rings is 1. The van der Waals surface area contributed by atoms with Crippen LogP contribution in [0.25, 0.3) is 10.9 Å². The van der Waals surface area contributed by atoms with Crippen LogP contribution in [0.5, 0.6) is 11.5 Å². The first-order valence-electron chi connectivity index (χ1n) is 14.1. The van der Waals surface area contributed by atoms with Gasteiger partial charge in [0.2, 0.25) is 0 Å². The lowest BCUT2D eigenvalue weighted by Crippen LogP contribution is -2.42. The number of hydrogen-bond donors (Lipinski definition) is 0. The van der Waals surface area contributed by atoms with Crippen LogP contribution in [-0.4, -0.2) is 60.0 Å². The Bertz CT molecular complexity index is 1420. The minimum atomic E-state index is 0.0929. The van der Waals surface area contributed by atoms with Gasteiger partial charge in [0, 0.05) is 38.1 Å². The molecule has 0 saturated carbocycles. The van der Waals surface area contributed by atoms with Gasteiger partial charge in [0.25, 0.3) is 5.91 Å². The third-order valence-corrected chi connectivity index (χ3v) is 7.94. The first-order valence-corrected chi connectivity index (χ1v) is 14.1. The summed E-state index contributed by atoms with van der Waals surface area (Å²) in [7, 11) is 2.04. The van der Waals surface area contributed by atoms with Gasteiger partial charge in [0.05, 0.1) is 11.1 Å². The van der Waals surface area contributed by atoms with E-state index in [0.717, 1.165) is 61.5 Å². The molecule has 3 aromatic carbocycles. The Balaban J connectivity index is 1.36. The number of aromatic nitrogens is 1. The minimum Gasteiger partial charge on any atom is -0.457 e. The van der Waals surface area contributed by atoms with E-state index in [9.17, 15) is 4.79 Å². The fourth-order valence-corrected chi connectivity index (χ4v) is 5.90. The van der Waals surface area contributed by atoms with Gasteiger partial charge in [0.1, 0.15) is 17.3 Å². The standard InChI is InChI=1S/C33H36N4O2/c1-35(23-25-11-4-2-5-12-25)32-22-30(33(38)37-20-10-13-26(37)24-36-18-8-9-19-36)29-21-28(16-17-31(29)34-32)39-27-14-6-3-7-15-27/h2-7,11-12,14-17,21-22,26H,8-10,13,18-20,23-24H2,1H3/t26-/m0/s1. The van der Waals surface area contributed by atoms with E-state index in [2.05, 4.69) is 26.8 Å². The summed E-state index contributed by atoms with van der Waals surface area (Å²) in [6, 6.07) is 28.2. The highest BCUT2D eigenvalue weighted by Crippen LogP contribution is 2.32. The maximum atomic E-state index is 14.3. The van der Waals surface area contributed by atoms with Crippen LogP contribution in [0.1, 0.15) is 41.6 Å². The van der Waals surface area contributed by atoms with Gasteiger partial charge in [-0.3, -0.25) is 4.79 Å². The first-order chi connectivity index (χ1) is 19.1. The van der Waals surface area contributed by atoms with Gasteiger partial charge in [-0.15, -0.1) is 0 Å². The van der Waals surface area contributed by atoms with Gasteiger partial charge in [0.15, 0.2) is 0 Å². The molecule has 200 valence electrons. The molecule has 1 amide bonds. The van der Waals surface area contributed by atoms with Crippen molar-refractivity contribution in [2.75, 3.05) is 38.1 Å². The molecule has 1 aromatic heterocycles. The van der Waals surface area contributed by atoms with Crippen LogP contribution in [0.2, 0.25) is 0 Å². The van der Waals surface area contributed by atoms with Crippen LogP contribution < -0.4 is 9.64 Å². The molecule has 6 heteroatoms. The smallest absolute Gasteiger partial charge is 0.254 e. The molecule has 6 nitrogen and oxygen atoms in total. The second-order valence-electron chi connectivity index (χ2n) is 10.8. The molecule has 2 fully saturated rings. The third kappa shape index (κ3) is 5.76. The van der Waals surface area contributed by atoms with Gasteiger partial charge < -0.3 is 19.4 Å². The minimum absolute atomic E-state index is 0.0929. The fraction of sp³-hybridized carbons (Fsp3) is 0.333. The Morgan fingerprint density at radius 2 is 1.64 bits per heavy atom. The predicted molar refractivity (Wildman–Crippen MR) is 157 cm³/mol. The van der Waals surface area contributed by atoms with Crippen molar-refractivity contribution in [3.63, 3.8) is 0 Å². The van der Waals surface area contributed by atoms with E-state index in [0.29, 0.717) is 17.9 Å². The Kier molecular flexibility index (Phi) is 7.46. The zero-order chi connectivity index (χ0) is 26.6. The Morgan fingerprint density at radius 1 is 0.897 bits per heavy atom. The largest absolute Gasteiger partial charge is 0.457 e. The molecular formula is C33H36N4O2. The number of hydrogen-bond acceptors (Lipinski definition) is 5. The van der Waals surface area contributed by atoms with Gasteiger partial charge in [-0.05, 0) is 80.7 Å². The van der Waals surface area contributed by atoms with E-state index in [1.807, 2.05) is 79.8 Å². The lowest BCUT2D eigenvalue weighted by atomic mass is 10.1. The third-order valence-electron chi connectivity index (χ3n) is 7.94. The van der Waals surface area contributed by atoms with Crippen LogP contribution in [0.15, 0.2) is 84.9 Å². The average molecular weight is 521 g/mol. The molecular weight excluding hydrogens is 484 g/mol. The van der Waals surface area contributed by atoms with Gasteiger partial charge >= 0.3 is 0 Å². The molecule has 0 aliphatic carbocycles. The Labute approximate surface area is 230 Å². The predicted octanol–water partition coefficient (Wildman–Crippen LogP) is 6.36. The number of carbonyl (C=O) groups excluding carboxylic acids is 1. The Morgan fingerprint density at radius 3 is 2.41 bits per heavy atom. The monoisotopic (exact) mass is 520 g/mol. The van der Waals surface area contributed by atoms with E-state index in [-0.39, 0.29) is 11.9 Å². The lowest BCUT2D eigenvalue weighted by molar-refractivity contribution is 0.0710. The molecule has 6 rings (SSSR count). The highest BCUT2D eigenvalue weighted by molar-refractivity contribution is 6.07. The number of carbonyl (C=O) groups is 1. The number of nitrogens with zero attached hydrogens (tertiary/aromatic N) is 4. The SMILES string of the molecule is CN(Cc1ccccc1)c1cc(C(=O)N2CCC[C@H]2CN2CCCC2)c2cc(Oc3ccccc3)ccc2n1. The number of rotatable bonds is 8. The van der Waals surface area contributed by atoms with E-state index in [1.165, 1.54) is 18.4 Å². The quantitative estimate of drug-likeness (QED) is 0.270. The van der Waals surface area contributed by atoms with Gasteiger partial charge in [-0.2, -0.15) is 0 Å². The zero-order valence-electron chi connectivity index (χ0n) is 22.6. The average Bonchev–Trinajstić information content (AvgIpc) is 3.66. The summed E-state index contributed by atoms with van der Waals surface area (Å²) < 4.78 is 6.14. The molecule has 4 aromatic rings. The van der Waals surface area contributed by atoms with E-state index < -0.39 is 0 Å². The van der Waals surface area contributed by atoms with Crippen LogP contribution in [-0.2, 0) is 6.54 Å². The van der Waals surface area contributed by atoms with Crippen molar-refractivity contribution >= 4 is 22.6 Å². The number of para-hydroxylation sites is 1. The molecule has 2 aliphatic rings. The van der Waals surface area contributed by atoms with E-state index in [4.69, 9.17) is 9.72 Å². The second-order valence-corrected chi connectivity index (χ2v) is 10.8. The van der Waals surface area contributed by atoms with Crippen LogP contribution >= 0.6 is 0 Å². The molecule has 0 radical (unpaired) electrons. The van der Waals surface area contributed by atoms with E-state index >= 15 is 0 Å². The summed E-state index contributed by atoms with van der Waals surface area (Å²) >= 11 is 0. The zero-order valence-corrected chi connectivity index (χ0v) is 22.6. The topological polar surface area (TPSA) is 48.9 Å². The number of fused-ring (bicyclic) bond motifs is 1. The summed E-state index contributed by atoms with van der Waals surface area (Å²) in [5.41, 5.74) is 2.69. The summed E-state index contributed by atoms with van der Waals surface area (Å²) in [6.45, 7) is 4.77. The molecule has 0 bridgehead atoms.